The quantitative estimate of drug-likeness (QED) is 0.863. The van der Waals surface area contributed by atoms with Gasteiger partial charge in [-0.2, -0.15) is 4.31 Å². The van der Waals surface area contributed by atoms with Crippen molar-refractivity contribution in [2.45, 2.75) is 23.8 Å². The molecule has 7 nitrogen and oxygen atoms in total. The van der Waals surface area contributed by atoms with Crippen molar-refractivity contribution in [3.63, 3.8) is 0 Å². The third kappa shape index (κ3) is 2.32. The maximum absolute atomic E-state index is 12.9. The first-order chi connectivity index (χ1) is 11.0. The predicted octanol–water partition coefficient (Wildman–Crippen LogP) is 0.504. The predicted molar refractivity (Wildman–Crippen MR) is 84.7 cm³/mol. The zero-order chi connectivity index (χ0) is 16.2. The summed E-state index contributed by atoms with van der Waals surface area (Å²) in [5, 5.41) is 3.43. The monoisotopic (exact) mass is 337 g/mol. The zero-order valence-corrected chi connectivity index (χ0v) is 13.7. The fourth-order valence-electron chi connectivity index (χ4n) is 3.66. The van der Waals surface area contributed by atoms with Crippen molar-refractivity contribution in [3.05, 3.63) is 28.7 Å². The SMILES string of the molecule is Cn1c(=O)oc2cc(S(=O)(=O)N3CCC4NCCC4C3)ccc21. The highest BCUT2D eigenvalue weighted by molar-refractivity contribution is 7.89. The van der Waals surface area contributed by atoms with Crippen molar-refractivity contribution in [2.75, 3.05) is 19.6 Å². The highest BCUT2D eigenvalue weighted by atomic mass is 32.2. The van der Waals surface area contributed by atoms with Crippen molar-refractivity contribution in [1.29, 1.82) is 0 Å². The number of hydrogen-bond donors (Lipinski definition) is 1. The normalized spacial score (nSPS) is 25.8. The summed E-state index contributed by atoms with van der Waals surface area (Å²) in [6.45, 7) is 2.04. The van der Waals surface area contributed by atoms with E-state index in [-0.39, 0.29) is 4.90 Å². The molecule has 2 fully saturated rings. The number of piperidine rings is 1. The fourth-order valence-corrected chi connectivity index (χ4v) is 5.18. The first-order valence-electron chi connectivity index (χ1n) is 7.80. The van der Waals surface area contributed by atoms with Crippen LogP contribution in [0.1, 0.15) is 12.8 Å². The van der Waals surface area contributed by atoms with Gasteiger partial charge in [0.25, 0.3) is 0 Å². The lowest BCUT2D eigenvalue weighted by molar-refractivity contribution is 0.247. The topological polar surface area (TPSA) is 84.5 Å². The maximum atomic E-state index is 12.9. The van der Waals surface area contributed by atoms with Gasteiger partial charge in [-0.15, -0.1) is 0 Å². The molecule has 0 amide bonds. The van der Waals surface area contributed by atoms with Crippen LogP contribution in [0.15, 0.2) is 32.3 Å². The minimum atomic E-state index is -3.56. The molecule has 8 heteroatoms. The molecule has 4 rings (SSSR count). The van der Waals surface area contributed by atoms with Gasteiger partial charge < -0.3 is 9.73 Å². The van der Waals surface area contributed by atoms with Crippen LogP contribution in [0, 0.1) is 5.92 Å². The van der Waals surface area contributed by atoms with E-state index < -0.39 is 15.8 Å². The first kappa shape index (κ1) is 14.9. The molecule has 1 N–H and O–H groups in total. The summed E-state index contributed by atoms with van der Waals surface area (Å²) < 4.78 is 33.8. The van der Waals surface area contributed by atoms with E-state index in [1.165, 1.54) is 10.6 Å². The number of fused-ring (bicyclic) bond motifs is 2. The number of rotatable bonds is 2. The van der Waals surface area contributed by atoms with Crippen molar-refractivity contribution in [1.82, 2.24) is 14.2 Å². The van der Waals surface area contributed by atoms with E-state index in [0.29, 0.717) is 36.1 Å². The Morgan fingerprint density at radius 3 is 2.96 bits per heavy atom. The molecule has 2 saturated heterocycles. The second kappa shape index (κ2) is 5.19. The Labute approximate surface area is 133 Å². The van der Waals surface area contributed by atoms with Crippen molar-refractivity contribution >= 4 is 21.1 Å². The van der Waals surface area contributed by atoms with Gasteiger partial charge in [0.2, 0.25) is 10.0 Å². The fraction of sp³-hybridized carbons (Fsp3) is 0.533. The van der Waals surface area contributed by atoms with Gasteiger partial charge >= 0.3 is 5.76 Å². The number of nitrogens with zero attached hydrogens (tertiary/aromatic N) is 2. The molecule has 0 radical (unpaired) electrons. The van der Waals surface area contributed by atoms with Gasteiger partial charge in [0.1, 0.15) is 0 Å². The van der Waals surface area contributed by atoms with Crippen LogP contribution in [-0.4, -0.2) is 43.0 Å². The van der Waals surface area contributed by atoms with Gasteiger partial charge in [-0.1, -0.05) is 0 Å². The van der Waals surface area contributed by atoms with Crippen LogP contribution < -0.4 is 11.1 Å². The highest BCUT2D eigenvalue weighted by Gasteiger charge is 2.37. The summed E-state index contributed by atoms with van der Waals surface area (Å²) >= 11 is 0. The van der Waals surface area contributed by atoms with Crippen molar-refractivity contribution in [3.8, 4) is 0 Å². The first-order valence-corrected chi connectivity index (χ1v) is 9.24. The Kier molecular flexibility index (Phi) is 3.36. The molecular formula is C15H19N3O4S. The summed E-state index contributed by atoms with van der Waals surface area (Å²) in [7, 11) is -1.96. The van der Waals surface area contributed by atoms with E-state index >= 15 is 0 Å². The minimum Gasteiger partial charge on any atom is -0.408 e. The molecule has 0 saturated carbocycles. The molecule has 0 bridgehead atoms. The smallest absolute Gasteiger partial charge is 0.408 e. The average molecular weight is 337 g/mol. The van der Waals surface area contributed by atoms with Crippen LogP contribution in [0.2, 0.25) is 0 Å². The van der Waals surface area contributed by atoms with Gasteiger partial charge in [-0.3, -0.25) is 4.57 Å². The maximum Gasteiger partial charge on any atom is 0.419 e. The van der Waals surface area contributed by atoms with Crippen LogP contribution in [0.5, 0.6) is 0 Å². The largest absolute Gasteiger partial charge is 0.419 e. The molecule has 2 aliphatic heterocycles. The number of hydrogen-bond acceptors (Lipinski definition) is 5. The Hall–Kier alpha value is -1.64. The summed E-state index contributed by atoms with van der Waals surface area (Å²) in [4.78, 5) is 11.7. The Bertz CT molecular complexity index is 914. The molecule has 124 valence electrons. The van der Waals surface area contributed by atoms with Crippen LogP contribution in [0.4, 0.5) is 0 Å². The molecule has 2 aromatic rings. The third-order valence-corrected chi connectivity index (χ3v) is 6.88. The second-order valence-corrected chi connectivity index (χ2v) is 8.26. The van der Waals surface area contributed by atoms with E-state index in [4.69, 9.17) is 4.42 Å². The van der Waals surface area contributed by atoms with E-state index in [1.54, 1.807) is 23.5 Å². The molecule has 1 aromatic carbocycles. The number of oxazole rings is 1. The van der Waals surface area contributed by atoms with Crippen LogP contribution >= 0.6 is 0 Å². The zero-order valence-electron chi connectivity index (χ0n) is 12.9. The molecule has 3 heterocycles. The second-order valence-electron chi connectivity index (χ2n) is 6.32. The lowest BCUT2D eigenvalue weighted by Gasteiger charge is -2.33. The third-order valence-electron chi connectivity index (χ3n) is 5.02. The highest BCUT2D eigenvalue weighted by Crippen LogP contribution is 2.29. The Balaban J connectivity index is 1.69. The number of sulfonamides is 1. The van der Waals surface area contributed by atoms with Gasteiger partial charge in [0.15, 0.2) is 5.58 Å². The molecule has 2 aliphatic rings. The molecule has 0 spiro atoms. The molecule has 2 unspecified atom stereocenters. The number of aromatic nitrogens is 1. The van der Waals surface area contributed by atoms with Gasteiger partial charge in [-0.05, 0) is 37.4 Å². The van der Waals surface area contributed by atoms with Gasteiger partial charge in [0.05, 0.1) is 10.4 Å². The number of benzene rings is 1. The van der Waals surface area contributed by atoms with E-state index in [2.05, 4.69) is 5.32 Å². The van der Waals surface area contributed by atoms with Gasteiger partial charge in [-0.25, -0.2) is 13.2 Å². The molecular weight excluding hydrogens is 318 g/mol. The molecule has 0 aliphatic carbocycles. The number of aryl methyl sites for hydroxylation is 1. The average Bonchev–Trinajstić information content (AvgIpc) is 3.11. The lowest BCUT2D eigenvalue weighted by atomic mass is 9.95. The Morgan fingerprint density at radius 1 is 1.30 bits per heavy atom. The molecule has 2 atom stereocenters. The van der Waals surface area contributed by atoms with E-state index in [9.17, 15) is 13.2 Å². The lowest BCUT2D eigenvalue weighted by Crippen LogP contribution is -2.46. The van der Waals surface area contributed by atoms with Crippen LogP contribution in [0.25, 0.3) is 11.1 Å². The summed E-state index contributed by atoms with van der Waals surface area (Å²) in [5.41, 5.74) is 0.892. The van der Waals surface area contributed by atoms with Crippen LogP contribution in [-0.2, 0) is 17.1 Å². The summed E-state index contributed by atoms with van der Waals surface area (Å²) in [5.74, 6) is -0.107. The van der Waals surface area contributed by atoms with E-state index in [0.717, 1.165) is 19.4 Å². The van der Waals surface area contributed by atoms with Gasteiger partial charge in [0, 0.05) is 32.2 Å². The summed E-state index contributed by atoms with van der Waals surface area (Å²) in [6, 6.07) is 5.06. The van der Waals surface area contributed by atoms with E-state index in [1.807, 2.05) is 0 Å². The van der Waals surface area contributed by atoms with Crippen molar-refractivity contribution in [2.24, 2.45) is 13.0 Å². The minimum absolute atomic E-state index is 0.184. The summed E-state index contributed by atoms with van der Waals surface area (Å²) in [6.07, 6.45) is 1.86. The molecule has 1 aromatic heterocycles. The Morgan fingerprint density at radius 2 is 2.13 bits per heavy atom. The van der Waals surface area contributed by atoms with Crippen molar-refractivity contribution < 1.29 is 12.8 Å². The number of nitrogens with one attached hydrogen (secondary N) is 1. The standard InChI is InChI=1S/C15H19N3O4S/c1-17-13-3-2-11(8-14(13)22-15(17)19)23(20,21)18-7-5-12-10(9-18)4-6-16-12/h2-3,8,10,12,16H,4-7,9H2,1H3. The van der Waals surface area contributed by atoms with Crippen LogP contribution in [0.3, 0.4) is 0 Å². The molecule has 23 heavy (non-hydrogen) atoms.